The second-order valence-corrected chi connectivity index (χ2v) is 2.17. The first-order chi connectivity index (χ1) is 5.79. The van der Waals surface area contributed by atoms with E-state index in [9.17, 15) is 4.79 Å². The molecule has 12 heavy (non-hydrogen) atoms. The highest BCUT2D eigenvalue weighted by Crippen LogP contribution is 2.17. The first-order valence-corrected chi connectivity index (χ1v) is 3.43. The molecule has 62 valence electrons. The molecule has 0 spiro atoms. The van der Waals surface area contributed by atoms with Gasteiger partial charge < -0.3 is 4.74 Å². The van der Waals surface area contributed by atoms with Crippen LogP contribution in [0.4, 0.5) is 5.69 Å². The number of esters is 1. The molecule has 0 unspecified atom stereocenters. The van der Waals surface area contributed by atoms with Gasteiger partial charge in [0.2, 0.25) is 0 Å². The van der Waals surface area contributed by atoms with Crippen molar-refractivity contribution < 1.29 is 9.53 Å². The molecule has 0 atom stereocenters. The van der Waals surface area contributed by atoms with Crippen LogP contribution in [0, 0.1) is 0 Å². The Morgan fingerprint density at radius 1 is 1.50 bits per heavy atom. The van der Waals surface area contributed by atoms with Crippen LogP contribution < -0.4 is 0 Å². The Labute approximate surface area is 70.7 Å². The van der Waals surface area contributed by atoms with Gasteiger partial charge in [0.25, 0.3) is 0 Å². The summed E-state index contributed by atoms with van der Waals surface area (Å²) in [7, 11) is 1.34. The number of benzene rings is 1. The van der Waals surface area contributed by atoms with Gasteiger partial charge >= 0.3 is 5.97 Å². The molecule has 0 bridgehead atoms. The highest BCUT2D eigenvalue weighted by Gasteiger charge is 2.08. The van der Waals surface area contributed by atoms with E-state index in [1.54, 1.807) is 24.3 Å². The molecule has 3 heteroatoms. The van der Waals surface area contributed by atoms with Gasteiger partial charge in [0.05, 0.1) is 18.4 Å². The van der Waals surface area contributed by atoms with Crippen LogP contribution in [-0.2, 0) is 4.74 Å². The molecule has 3 nitrogen and oxygen atoms in total. The van der Waals surface area contributed by atoms with Crippen molar-refractivity contribution in [2.45, 2.75) is 0 Å². The maximum absolute atomic E-state index is 11.1. The van der Waals surface area contributed by atoms with Crippen LogP contribution in [0.1, 0.15) is 10.4 Å². The SMILES string of the molecule is C=Nc1ccccc1C(=O)OC. The first-order valence-electron chi connectivity index (χ1n) is 3.43. The summed E-state index contributed by atoms with van der Waals surface area (Å²) in [5, 5.41) is 0. The third-order valence-corrected chi connectivity index (χ3v) is 1.48. The summed E-state index contributed by atoms with van der Waals surface area (Å²) in [4.78, 5) is 14.8. The third-order valence-electron chi connectivity index (χ3n) is 1.48. The van der Waals surface area contributed by atoms with Gasteiger partial charge in [-0.3, -0.25) is 4.99 Å². The number of aliphatic imine (C=N–C) groups is 1. The maximum atomic E-state index is 11.1. The molecule has 0 saturated carbocycles. The summed E-state index contributed by atoms with van der Waals surface area (Å²) < 4.78 is 4.55. The van der Waals surface area contributed by atoms with Gasteiger partial charge in [-0.2, -0.15) is 0 Å². The monoisotopic (exact) mass is 163 g/mol. The van der Waals surface area contributed by atoms with Crippen molar-refractivity contribution in [2.24, 2.45) is 4.99 Å². The van der Waals surface area contributed by atoms with Crippen molar-refractivity contribution in [2.75, 3.05) is 7.11 Å². The molecule has 0 aromatic heterocycles. The lowest BCUT2D eigenvalue weighted by atomic mass is 10.2. The van der Waals surface area contributed by atoms with Crippen LogP contribution in [0.25, 0.3) is 0 Å². The van der Waals surface area contributed by atoms with Crippen LogP contribution in [-0.4, -0.2) is 19.8 Å². The molecule has 0 saturated heterocycles. The summed E-state index contributed by atoms with van der Waals surface area (Å²) >= 11 is 0. The van der Waals surface area contributed by atoms with E-state index in [0.29, 0.717) is 11.3 Å². The van der Waals surface area contributed by atoms with Crippen LogP contribution in [0.5, 0.6) is 0 Å². The average Bonchev–Trinajstić information content (AvgIpc) is 2.16. The molecule has 0 N–H and O–H groups in total. The fourth-order valence-corrected chi connectivity index (χ4v) is 0.894. The Balaban J connectivity index is 3.13. The van der Waals surface area contributed by atoms with Gasteiger partial charge in [-0.05, 0) is 18.9 Å². The zero-order valence-corrected chi connectivity index (χ0v) is 6.78. The number of methoxy groups -OCH3 is 1. The average molecular weight is 163 g/mol. The molecule has 0 aliphatic heterocycles. The number of para-hydroxylation sites is 1. The minimum atomic E-state index is -0.391. The zero-order valence-electron chi connectivity index (χ0n) is 6.78. The van der Waals surface area contributed by atoms with Crippen LogP contribution >= 0.6 is 0 Å². The first kappa shape index (κ1) is 8.46. The number of hydrogen-bond acceptors (Lipinski definition) is 3. The number of carbonyl (C=O) groups is 1. The lowest BCUT2D eigenvalue weighted by molar-refractivity contribution is 0.0602. The molecule has 0 heterocycles. The minimum Gasteiger partial charge on any atom is -0.465 e. The molecule has 0 fully saturated rings. The molecule has 0 amide bonds. The summed E-state index contributed by atoms with van der Waals surface area (Å²) in [5.41, 5.74) is 0.986. The van der Waals surface area contributed by atoms with E-state index in [-0.39, 0.29) is 0 Å². The summed E-state index contributed by atoms with van der Waals surface area (Å²) in [6.07, 6.45) is 0. The lowest BCUT2D eigenvalue weighted by Gasteiger charge is -2.01. The Morgan fingerprint density at radius 3 is 2.75 bits per heavy atom. The van der Waals surface area contributed by atoms with Crippen LogP contribution in [0.3, 0.4) is 0 Å². The molecule has 0 aliphatic rings. The summed E-state index contributed by atoms with van der Waals surface area (Å²) in [6.45, 7) is 3.35. The normalized spacial score (nSPS) is 9.08. The van der Waals surface area contributed by atoms with Gasteiger partial charge in [-0.1, -0.05) is 12.1 Å². The van der Waals surface area contributed by atoms with Crippen molar-refractivity contribution in [3.63, 3.8) is 0 Å². The van der Waals surface area contributed by atoms with Gasteiger partial charge in [0, 0.05) is 0 Å². The molecule has 1 aromatic carbocycles. The second-order valence-electron chi connectivity index (χ2n) is 2.17. The lowest BCUT2D eigenvalue weighted by Crippen LogP contribution is -2.00. The van der Waals surface area contributed by atoms with Crippen molar-refractivity contribution in [3.8, 4) is 0 Å². The van der Waals surface area contributed by atoms with Crippen molar-refractivity contribution >= 4 is 18.4 Å². The topological polar surface area (TPSA) is 38.7 Å². The van der Waals surface area contributed by atoms with Gasteiger partial charge in [-0.15, -0.1) is 0 Å². The predicted octanol–water partition coefficient (Wildman–Crippen LogP) is 1.81. The zero-order chi connectivity index (χ0) is 8.97. The van der Waals surface area contributed by atoms with Crippen molar-refractivity contribution in [1.29, 1.82) is 0 Å². The third kappa shape index (κ3) is 1.50. The van der Waals surface area contributed by atoms with E-state index >= 15 is 0 Å². The van der Waals surface area contributed by atoms with E-state index in [1.165, 1.54) is 7.11 Å². The van der Waals surface area contributed by atoms with Crippen molar-refractivity contribution in [3.05, 3.63) is 29.8 Å². The number of hydrogen-bond donors (Lipinski definition) is 0. The van der Waals surface area contributed by atoms with E-state index < -0.39 is 5.97 Å². The highest BCUT2D eigenvalue weighted by atomic mass is 16.5. The quantitative estimate of drug-likeness (QED) is 0.492. The number of carbonyl (C=O) groups excluding carboxylic acids is 1. The standard InChI is InChI=1S/C9H9NO2/c1-10-8-6-4-3-5-7(8)9(11)12-2/h3-6H,1H2,2H3. The van der Waals surface area contributed by atoms with Gasteiger partial charge in [0.1, 0.15) is 0 Å². The maximum Gasteiger partial charge on any atom is 0.340 e. The highest BCUT2D eigenvalue weighted by molar-refractivity contribution is 5.94. The largest absolute Gasteiger partial charge is 0.465 e. The summed E-state index contributed by atoms with van der Waals surface area (Å²) in [5.74, 6) is -0.391. The Kier molecular flexibility index (Phi) is 2.58. The fourth-order valence-electron chi connectivity index (χ4n) is 0.894. The van der Waals surface area contributed by atoms with Gasteiger partial charge in [0.15, 0.2) is 0 Å². The number of rotatable bonds is 2. The van der Waals surface area contributed by atoms with Crippen LogP contribution in [0.15, 0.2) is 29.3 Å². The Hall–Kier alpha value is -1.64. The van der Waals surface area contributed by atoms with Crippen molar-refractivity contribution in [1.82, 2.24) is 0 Å². The summed E-state index contributed by atoms with van der Waals surface area (Å²) in [6, 6.07) is 6.90. The second kappa shape index (κ2) is 3.67. The smallest absolute Gasteiger partial charge is 0.340 e. The number of nitrogens with zero attached hydrogens (tertiary/aromatic N) is 1. The minimum absolute atomic E-state index is 0.391. The molecule has 0 aliphatic carbocycles. The Morgan fingerprint density at radius 2 is 2.17 bits per heavy atom. The van der Waals surface area contributed by atoms with Gasteiger partial charge in [-0.25, -0.2) is 4.79 Å². The Bertz CT molecular complexity index is 307. The number of ether oxygens (including phenoxy) is 1. The van der Waals surface area contributed by atoms with E-state index in [0.717, 1.165) is 0 Å². The molecular weight excluding hydrogens is 154 g/mol. The molecule has 1 rings (SSSR count). The van der Waals surface area contributed by atoms with E-state index in [4.69, 9.17) is 0 Å². The van der Waals surface area contributed by atoms with E-state index in [1.807, 2.05) is 0 Å². The molecule has 1 aromatic rings. The fraction of sp³-hybridized carbons (Fsp3) is 0.111. The molecule has 0 radical (unpaired) electrons. The van der Waals surface area contributed by atoms with Crippen LogP contribution in [0.2, 0.25) is 0 Å². The molecular formula is C9H9NO2. The predicted molar refractivity (Wildman–Crippen MR) is 47.0 cm³/mol. The van der Waals surface area contributed by atoms with E-state index in [2.05, 4.69) is 16.4 Å².